The van der Waals surface area contributed by atoms with Crippen molar-refractivity contribution >= 4 is 28.7 Å². The van der Waals surface area contributed by atoms with Crippen LogP contribution in [0.5, 0.6) is 0 Å². The van der Waals surface area contributed by atoms with Gasteiger partial charge in [0.1, 0.15) is 23.0 Å². The molecule has 1 fully saturated rings. The number of anilines is 1. The molecule has 6 nitrogen and oxygen atoms in total. The highest BCUT2D eigenvalue weighted by molar-refractivity contribution is 6.33. The van der Waals surface area contributed by atoms with E-state index in [2.05, 4.69) is 15.3 Å². The van der Waals surface area contributed by atoms with Crippen LogP contribution >= 0.6 is 11.6 Å². The highest BCUT2D eigenvalue weighted by Crippen LogP contribution is 2.35. The molecule has 2 aromatic heterocycles. The summed E-state index contributed by atoms with van der Waals surface area (Å²) in [6, 6.07) is 11.2. The van der Waals surface area contributed by atoms with E-state index < -0.39 is 5.82 Å². The summed E-state index contributed by atoms with van der Waals surface area (Å²) in [7, 11) is 0. The number of hydrogen-bond acceptors (Lipinski definition) is 5. The molecule has 0 bridgehead atoms. The molecule has 2 aromatic carbocycles. The van der Waals surface area contributed by atoms with Gasteiger partial charge in [-0.05, 0) is 62.3 Å². The molecule has 9 heteroatoms. The smallest absolute Gasteiger partial charge is 0.225 e. The zero-order valence-corrected chi connectivity index (χ0v) is 20.0. The Hall–Kier alpha value is -3.10. The average molecular weight is 497 g/mol. The summed E-state index contributed by atoms with van der Waals surface area (Å²) in [4.78, 5) is 13.7. The zero-order chi connectivity index (χ0) is 24.4. The van der Waals surface area contributed by atoms with Crippen molar-refractivity contribution in [3.8, 4) is 11.4 Å². The van der Waals surface area contributed by atoms with Crippen molar-refractivity contribution in [2.45, 2.75) is 38.8 Å². The Balaban J connectivity index is 1.51. The maximum Gasteiger partial charge on any atom is 0.225 e. The lowest BCUT2D eigenvalue weighted by Gasteiger charge is -2.28. The maximum absolute atomic E-state index is 14.9. The fourth-order valence-electron chi connectivity index (χ4n) is 4.80. The molecule has 1 aliphatic carbocycles. The number of nitrogens with two attached hydrogens (primary N) is 1. The van der Waals surface area contributed by atoms with Crippen molar-refractivity contribution < 1.29 is 8.78 Å². The highest BCUT2D eigenvalue weighted by atomic mass is 35.5. The van der Waals surface area contributed by atoms with Gasteiger partial charge < -0.3 is 15.6 Å². The van der Waals surface area contributed by atoms with Crippen LogP contribution in [0.15, 0.2) is 48.7 Å². The molecule has 0 unspecified atom stereocenters. The summed E-state index contributed by atoms with van der Waals surface area (Å²) in [6.45, 7) is 1.58. The van der Waals surface area contributed by atoms with Gasteiger partial charge >= 0.3 is 0 Å². The van der Waals surface area contributed by atoms with Gasteiger partial charge in [0.15, 0.2) is 5.65 Å². The molecule has 0 spiro atoms. The molecule has 0 saturated heterocycles. The van der Waals surface area contributed by atoms with Crippen molar-refractivity contribution in [1.29, 1.82) is 0 Å². The summed E-state index contributed by atoms with van der Waals surface area (Å²) >= 11 is 6.42. The first-order valence-electron chi connectivity index (χ1n) is 11.9. The molecular formula is C26H27ClF2N6. The second kappa shape index (κ2) is 10.3. The molecule has 1 saturated carbocycles. The van der Waals surface area contributed by atoms with E-state index in [0.717, 1.165) is 25.7 Å². The molecule has 1 aliphatic rings. The molecular weight excluding hydrogens is 470 g/mol. The third kappa shape index (κ3) is 4.99. The Labute approximate surface area is 207 Å². The lowest BCUT2D eigenvalue weighted by Crippen LogP contribution is -2.24. The van der Waals surface area contributed by atoms with E-state index >= 15 is 0 Å². The quantitative estimate of drug-likeness (QED) is 0.338. The maximum atomic E-state index is 14.9. The number of halogens is 3. The van der Waals surface area contributed by atoms with Crippen LogP contribution in [0.4, 0.5) is 14.7 Å². The molecule has 35 heavy (non-hydrogen) atoms. The van der Waals surface area contributed by atoms with E-state index in [1.165, 1.54) is 12.1 Å². The highest BCUT2D eigenvalue weighted by Gasteiger charge is 2.25. The first-order chi connectivity index (χ1) is 17.0. The van der Waals surface area contributed by atoms with Gasteiger partial charge in [-0.3, -0.25) is 0 Å². The van der Waals surface area contributed by atoms with E-state index in [-0.39, 0.29) is 17.9 Å². The predicted molar refractivity (Wildman–Crippen MR) is 134 cm³/mol. The molecule has 182 valence electrons. The van der Waals surface area contributed by atoms with Crippen molar-refractivity contribution in [2.24, 2.45) is 17.6 Å². The summed E-state index contributed by atoms with van der Waals surface area (Å²) in [5, 5.41) is 3.38. The van der Waals surface area contributed by atoms with E-state index in [1.54, 1.807) is 36.5 Å². The number of aromatic nitrogens is 4. The lowest BCUT2D eigenvalue weighted by molar-refractivity contribution is 0.258. The molecule has 0 amide bonds. The minimum absolute atomic E-state index is 0.238. The lowest BCUT2D eigenvalue weighted by atomic mass is 9.82. The van der Waals surface area contributed by atoms with Crippen LogP contribution in [0.25, 0.3) is 22.6 Å². The fourth-order valence-corrected chi connectivity index (χ4v) is 5.05. The van der Waals surface area contributed by atoms with E-state index in [4.69, 9.17) is 22.3 Å². The number of nitrogens with one attached hydrogen (secondary N) is 1. The van der Waals surface area contributed by atoms with Crippen molar-refractivity contribution in [3.05, 3.63) is 70.9 Å². The molecule has 0 aliphatic heterocycles. The molecule has 0 radical (unpaired) electrons. The topological polar surface area (TPSA) is 81.7 Å². The minimum atomic E-state index is -0.438. The Morgan fingerprint density at radius 2 is 1.71 bits per heavy atom. The van der Waals surface area contributed by atoms with E-state index in [0.29, 0.717) is 58.4 Å². The van der Waals surface area contributed by atoms with Gasteiger partial charge in [-0.2, -0.15) is 4.98 Å². The van der Waals surface area contributed by atoms with Gasteiger partial charge in [0.25, 0.3) is 0 Å². The van der Waals surface area contributed by atoms with E-state index in [9.17, 15) is 8.78 Å². The minimum Gasteiger partial charge on any atom is -0.350 e. The van der Waals surface area contributed by atoms with Gasteiger partial charge in [0, 0.05) is 18.7 Å². The summed E-state index contributed by atoms with van der Waals surface area (Å²) in [5.41, 5.74) is 7.77. The van der Waals surface area contributed by atoms with Crippen molar-refractivity contribution in [3.63, 3.8) is 0 Å². The number of fused-ring (bicyclic) bond motifs is 1. The van der Waals surface area contributed by atoms with Gasteiger partial charge in [-0.15, -0.1) is 0 Å². The van der Waals surface area contributed by atoms with Crippen LogP contribution in [-0.4, -0.2) is 26.1 Å². The van der Waals surface area contributed by atoms with Gasteiger partial charge in [-0.25, -0.2) is 18.7 Å². The Morgan fingerprint density at radius 3 is 2.46 bits per heavy atom. The first-order valence-corrected chi connectivity index (χ1v) is 12.3. The Kier molecular flexibility index (Phi) is 6.92. The fraction of sp³-hybridized carbons (Fsp3) is 0.346. The Morgan fingerprint density at radius 1 is 0.971 bits per heavy atom. The van der Waals surface area contributed by atoms with Crippen molar-refractivity contribution in [1.82, 2.24) is 19.5 Å². The summed E-state index contributed by atoms with van der Waals surface area (Å²) in [5.74, 6) is 0.999. The van der Waals surface area contributed by atoms with Gasteiger partial charge in [0.2, 0.25) is 5.95 Å². The van der Waals surface area contributed by atoms with Gasteiger partial charge in [0.05, 0.1) is 16.8 Å². The average Bonchev–Trinajstić information content (AvgIpc) is 3.21. The molecule has 5 rings (SSSR count). The monoisotopic (exact) mass is 496 g/mol. The molecule has 4 aromatic rings. The van der Waals surface area contributed by atoms with Crippen LogP contribution in [0.2, 0.25) is 5.02 Å². The first kappa shape index (κ1) is 23.6. The number of rotatable bonds is 7. The summed E-state index contributed by atoms with van der Waals surface area (Å²) < 4.78 is 30.9. The third-order valence-corrected chi connectivity index (χ3v) is 7.12. The zero-order valence-electron chi connectivity index (χ0n) is 19.2. The SMILES string of the molecule is NCC1CCC(Cn2c(-c3c(F)cccc3Cl)nc3cnc(NCc4ccccc4F)nc32)CC1. The number of benzene rings is 2. The standard InChI is InChI=1S/C26H27ClF2N6/c27-19-5-3-7-21(29)23(19)25-33-22-14-32-26(31-13-18-4-1-2-6-20(18)28)34-24(22)35(25)15-17-10-8-16(12-30)9-11-17/h1-7,14,16-17H,8-13,15,30H2,(H,31,32,34). The van der Waals surface area contributed by atoms with E-state index in [1.807, 2.05) is 4.57 Å². The normalized spacial score (nSPS) is 18.2. The predicted octanol–water partition coefficient (Wildman–Crippen LogP) is 5.80. The number of imidazole rings is 1. The second-order valence-electron chi connectivity index (χ2n) is 9.11. The van der Waals surface area contributed by atoms with Crippen molar-refractivity contribution in [2.75, 3.05) is 11.9 Å². The van der Waals surface area contributed by atoms with Crippen LogP contribution < -0.4 is 11.1 Å². The molecule has 0 atom stereocenters. The van der Waals surface area contributed by atoms with Gasteiger partial charge in [-0.1, -0.05) is 35.9 Å². The summed E-state index contributed by atoms with van der Waals surface area (Å²) in [6.07, 6.45) is 5.83. The van der Waals surface area contributed by atoms with Crippen LogP contribution in [0.3, 0.4) is 0 Å². The van der Waals surface area contributed by atoms with Crippen LogP contribution in [0, 0.1) is 23.5 Å². The van der Waals surface area contributed by atoms with Crippen LogP contribution in [0.1, 0.15) is 31.2 Å². The molecule has 3 N–H and O–H groups in total. The number of nitrogens with zero attached hydrogens (tertiary/aromatic N) is 4. The molecule has 2 heterocycles. The van der Waals surface area contributed by atoms with Crippen LogP contribution in [-0.2, 0) is 13.1 Å². The Bertz CT molecular complexity index is 1310. The number of hydrogen-bond donors (Lipinski definition) is 2. The second-order valence-corrected chi connectivity index (χ2v) is 9.52. The third-order valence-electron chi connectivity index (χ3n) is 6.81. The largest absolute Gasteiger partial charge is 0.350 e.